The Hall–Kier alpha value is -3.72. The Morgan fingerprint density at radius 1 is 0.893 bits per heavy atom. The maximum atomic E-state index is 12.3. The number of nitrogens with zero attached hydrogens (tertiary/aromatic N) is 4. The topological polar surface area (TPSA) is 99.0 Å². The minimum atomic E-state index is -3.63. The Labute approximate surface area is 161 Å². The van der Waals surface area contributed by atoms with E-state index in [-0.39, 0.29) is 4.90 Å². The van der Waals surface area contributed by atoms with E-state index in [0.29, 0.717) is 23.1 Å². The van der Waals surface area contributed by atoms with Crippen LogP contribution in [0.25, 0.3) is 5.82 Å². The molecule has 0 saturated heterocycles. The first-order valence-corrected chi connectivity index (χ1v) is 9.76. The highest BCUT2D eigenvalue weighted by Crippen LogP contribution is 2.23. The van der Waals surface area contributed by atoms with Gasteiger partial charge in [-0.1, -0.05) is 18.2 Å². The molecule has 0 atom stereocenters. The molecule has 0 fully saturated rings. The Kier molecular flexibility index (Phi) is 4.73. The lowest BCUT2D eigenvalue weighted by molar-refractivity contribution is 0.454. The fourth-order valence-corrected chi connectivity index (χ4v) is 3.50. The van der Waals surface area contributed by atoms with E-state index in [1.807, 2.05) is 0 Å². The molecule has 4 rings (SSSR count). The molecule has 0 spiro atoms. The minimum absolute atomic E-state index is 0.198. The summed E-state index contributed by atoms with van der Waals surface area (Å²) >= 11 is 0. The summed E-state index contributed by atoms with van der Waals surface area (Å²) in [5.41, 5.74) is 0.428. The van der Waals surface area contributed by atoms with Crippen molar-refractivity contribution in [1.29, 1.82) is 0 Å². The van der Waals surface area contributed by atoms with E-state index in [1.54, 1.807) is 77.9 Å². The summed E-state index contributed by atoms with van der Waals surface area (Å²) in [4.78, 5) is 4.15. The molecular weight excluding hydrogens is 378 g/mol. The van der Waals surface area contributed by atoms with Crippen LogP contribution in [0.2, 0.25) is 0 Å². The lowest BCUT2D eigenvalue weighted by Gasteiger charge is -2.09. The van der Waals surface area contributed by atoms with Gasteiger partial charge in [-0.25, -0.2) is 13.4 Å². The number of aromatic nitrogens is 4. The quantitative estimate of drug-likeness (QED) is 0.540. The molecule has 4 aromatic rings. The Balaban J connectivity index is 1.43. The van der Waals surface area contributed by atoms with E-state index in [1.165, 1.54) is 12.1 Å². The number of hydrogen-bond donors (Lipinski definition) is 1. The van der Waals surface area contributed by atoms with E-state index < -0.39 is 10.0 Å². The molecule has 0 saturated carbocycles. The maximum Gasteiger partial charge on any atom is 0.261 e. The van der Waals surface area contributed by atoms with E-state index in [4.69, 9.17) is 4.74 Å². The molecule has 8 nitrogen and oxygen atoms in total. The third kappa shape index (κ3) is 3.99. The SMILES string of the molecule is O=S(=O)(Nc1ccc(Oc2ccc(-n3ccnc3)nn2)cc1)c1ccccc1. The van der Waals surface area contributed by atoms with Crippen molar-refractivity contribution in [3.63, 3.8) is 0 Å². The van der Waals surface area contributed by atoms with Crippen LogP contribution >= 0.6 is 0 Å². The standard InChI is InChI=1S/C19H15N5O3S/c25-28(26,17-4-2-1-3-5-17)23-15-6-8-16(9-7-15)27-19-11-10-18(21-22-19)24-13-12-20-14-24/h1-14,23H. The van der Waals surface area contributed by atoms with Crippen LogP contribution in [0, 0.1) is 0 Å². The lowest BCUT2D eigenvalue weighted by Crippen LogP contribution is -2.12. The number of benzene rings is 2. The normalized spacial score (nSPS) is 11.1. The predicted octanol–water partition coefficient (Wildman–Crippen LogP) is 3.26. The molecule has 140 valence electrons. The van der Waals surface area contributed by atoms with Gasteiger partial charge in [-0.05, 0) is 42.5 Å². The second kappa shape index (κ2) is 7.49. The highest BCUT2D eigenvalue weighted by atomic mass is 32.2. The minimum Gasteiger partial charge on any atom is -0.438 e. The van der Waals surface area contributed by atoms with Crippen molar-refractivity contribution in [3.8, 4) is 17.4 Å². The number of nitrogens with one attached hydrogen (secondary N) is 1. The molecule has 28 heavy (non-hydrogen) atoms. The van der Waals surface area contributed by atoms with E-state index in [0.717, 1.165) is 0 Å². The molecule has 0 bridgehead atoms. The van der Waals surface area contributed by atoms with Gasteiger partial charge in [0.15, 0.2) is 5.82 Å². The summed E-state index contributed by atoms with van der Waals surface area (Å²) in [6.07, 6.45) is 5.04. The smallest absolute Gasteiger partial charge is 0.261 e. The van der Waals surface area contributed by atoms with Gasteiger partial charge >= 0.3 is 0 Å². The highest BCUT2D eigenvalue weighted by Gasteiger charge is 2.13. The molecule has 0 aliphatic heterocycles. The summed E-state index contributed by atoms with van der Waals surface area (Å²) in [7, 11) is -3.63. The maximum absolute atomic E-state index is 12.3. The third-order valence-corrected chi connectivity index (χ3v) is 5.17. The molecule has 2 heterocycles. The number of sulfonamides is 1. The Bertz CT molecular complexity index is 1140. The fraction of sp³-hybridized carbons (Fsp3) is 0. The van der Waals surface area contributed by atoms with Crippen molar-refractivity contribution in [1.82, 2.24) is 19.7 Å². The van der Waals surface area contributed by atoms with Crippen LogP contribution in [0.5, 0.6) is 11.6 Å². The van der Waals surface area contributed by atoms with Gasteiger partial charge in [0.2, 0.25) is 5.88 Å². The van der Waals surface area contributed by atoms with Crippen molar-refractivity contribution in [2.45, 2.75) is 4.90 Å². The number of hydrogen-bond acceptors (Lipinski definition) is 6. The van der Waals surface area contributed by atoms with Crippen molar-refractivity contribution < 1.29 is 13.2 Å². The van der Waals surface area contributed by atoms with Gasteiger partial charge in [-0.15, -0.1) is 10.2 Å². The molecule has 0 aliphatic carbocycles. The molecule has 0 amide bonds. The van der Waals surface area contributed by atoms with Gasteiger partial charge in [0.1, 0.15) is 12.1 Å². The Morgan fingerprint density at radius 2 is 1.68 bits per heavy atom. The van der Waals surface area contributed by atoms with Crippen molar-refractivity contribution in [2.24, 2.45) is 0 Å². The van der Waals surface area contributed by atoms with Gasteiger partial charge in [-0.2, -0.15) is 0 Å². The van der Waals surface area contributed by atoms with Crippen molar-refractivity contribution >= 4 is 15.7 Å². The molecule has 9 heteroatoms. The number of anilines is 1. The monoisotopic (exact) mass is 393 g/mol. The lowest BCUT2D eigenvalue weighted by atomic mass is 10.3. The van der Waals surface area contributed by atoms with Crippen LogP contribution in [-0.2, 0) is 10.0 Å². The van der Waals surface area contributed by atoms with Crippen LogP contribution in [0.15, 0.2) is 90.3 Å². The average molecular weight is 393 g/mol. The summed E-state index contributed by atoms with van der Waals surface area (Å²) in [6.45, 7) is 0. The summed E-state index contributed by atoms with van der Waals surface area (Å²) < 4.78 is 34.6. The van der Waals surface area contributed by atoms with Crippen molar-refractivity contribution in [2.75, 3.05) is 4.72 Å². The van der Waals surface area contributed by atoms with Crippen LogP contribution in [0.3, 0.4) is 0 Å². The summed E-state index contributed by atoms with van der Waals surface area (Å²) in [5, 5.41) is 8.09. The molecule has 0 unspecified atom stereocenters. The largest absolute Gasteiger partial charge is 0.438 e. The Morgan fingerprint density at radius 3 is 2.32 bits per heavy atom. The number of imidazole rings is 1. The second-order valence-electron chi connectivity index (χ2n) is 5.74. The first kappa shape index (κ1) is 17.7. The summed E-state index contributed by atoms with van der Waals surface area (Å²) in [6, 6.07) is 18.1. The summed E-state index contributed by atoms with van der Waals surface area (Å²) in [5.74, 6) is 1.45. The van der Waals surface area contributed by atoms with Crippen LogP contribution in [-0.4, -0.2) is 28.2 Å². The van der Waals surface area contributed by atoms with Gasteiger partial charge in [0.25, 0.3) is 10.0 Å². The number of rotatable bonds is 6. The molecule has 2 aromatic heterocycles. The zero-order valence-corrected chi connectivity index (χ0v) is 15.3. The molecular formula is C19H15N5O3S. The van der Waals surface area contributed by atoms with E-state index >= 15 is 0 Å². The van der Waals surface area contributed by atoms with E-state index in [2.05, 4.69) is 19.9 Å². The first-order chi connectivity index (χ1) is 13.6. The third-order valence-electron chi connectivity index (χ3n) is 3.78. The fourth-order valence-electron chi connectivity index (χ4n) is 2.43. The zero-order chi connectivity index (χ0) is 19.4. The number of ether oxygens (including phenoxy) is 1. The van der Waals surface area contributed by atoms with Gasteiger partial charge in [-0.3, -0.25) is 9.29 Å². The van der Waals surface area contributed by atoms with Crippen LogP contribution in [0.4, 0.5) is 5.69 Å². The molecule has 0 aliphatic rings. The highest BCUT2D eigenvalue weighted by molar-refractivity contribution is 7.92. The molecule has 1 N–H and O–H groups in total. The van der Waals surface area contributed by atoms with Crippen LogP contribution < -0.4 is 9.46 Å². The van der Waals surface area contributed by atoms with Gasteiger partial charge in [0.05, 0.1) is 4.90 Å². The van der Waals surface area contributed by atoms with E-state index in [9.17, 15) is 8.42 Å². The van der Waals surface area contributed by atoms with Crippen molar-refractivity contribution in [3.05, 3.63) is 85.5 Å². The van der Waals surface area contributed by atoms with Gasteiger partial charge in [0, 0.05) is 24.1 Å². The average Bonchev–Trinajstić information content (AvgIpc) is 3.25. The van der Waals surface area contributed by atoms with Crippen LogP contribution in [0.1, 0.15) is 0 Å². The second-order valence-corrected chi connectivity index (χ2v) is 7.43. The van der Waals surface area contributed by atoms with Gasteiger partial charge < -0.3 is 4.74 Å². The zero-order valence-electron chi connectivity index (χ0n) is 14.5. The molecule has 0 radical (unpaired) electrons. The first-order valence-electron chi connectivity index (χ1n) is 8.28. The predicted molar refractivity (Wildman–Crippen MR) is 103 cm³/mol. The molecule has 2 aromatic carbocycles.